The predicted octanol–water partition coefficient (Wildman–Crippen LogP) is 11.0. The molecule has 0 bridgehead atoms. The third-order valence-electron chi connectivity index (χ3n) is 13.7. The Bertz CT molecular complexity index is 1400. The number of aliphatic carboxylic acids is 1. The third-order valence-corrected chi connectivity index (χ3v) is 13.7. The molecule has 3 saturated carbocycles. The van der Waals surface area contributed by atoms with Crippen molar-refractivity contribution in [2.24, 2.45) is 34.5 Å². The highest BCUT2D eigenvalue weighted by molar-refractivity contribution is 6.01. The number of carbonyl (C=O) groups excluding carboxylic acids is 4. The van der Waals surface area contributed by atoms with Crippen LogP contribution in [-0.2, 0) is 33.4 Å². The van der Waals surface area contributed by atoms with E-state index in [0.717, 1.165) is 76.2 Å². The number of carbonyl (C=O) groups is 5. The van der Waals surface area contributed by atoms with Crippen LogP contribution in [0.2, 0.25) is 0 Å². The van der Waals surface area contributed by atoms with Crippen molar-refractivity contribution >= 4 is 29.5 Å². The molecule has 58 heavy (non-hydrogen) atoms. The summed E-state index contributed by atoms with van der Waals surface area (Å²) in [6.45, 7) is 8.67. The number of hydrogen-bond donors (Lipinski definition) is 2. The molecule has 0 aromatic heterocycles. The second-order valence-electron chi connectivity index (χ2n) is 18.1. The summed E-state index contributed by atoms with van der Waals surface area (Å²) in [6, 6.07) is 0. The SMILES string of the molecule is CCCCCC(=O)O.CCCCCCCC/C=C\CCCCCCCCOC(=O)CCC(=O)OCC(=O)C1CCC2C3CCC4=CC(=O)C=CC4(C)C3C(O)CC12C. The lowest BCUT2D eigenvalue weighted by Gasteiger charge is -2.58. The topological polar surface area (TPSA) is 144 Å². The van der Waals surface area contributed by atoms with Crippen LogP contribution in [0.25, 0.3) is 0 Å². The first-order valence-corrected chi connectivity index (χ1v) is 23.2. The molecule has 4 aliphatic carbocycles. The maximum absolute atomic E-state index is 13.4. The van der Waals surface area contributed by atoms with E-state index in [-0.39, 0.29) is 59.6 Å². The zero-order chi connectivity index (χ0) is 42.4. The zero-order valence-corrected chi connectivity index (χ0v) is 36.6. The highest BCUT2D eigenvalue weighted by Crippen LogP contribution is 2.66. The number of aliphatic hydroxyl groups is 1. The summed E-state index contributed by atoms with van der Waals surface area (Å²) in [6.07, 6.45) is 33.7. The van der Waals surface area contributed by atoms with Crippen LogP contribution in [0.3, 0.4) is 0 Å². The van der Waals surface area contributed by atoms with Crippen LogP contribution in [-0.4, -0.2) is 59.0 Å². The Labute approximate surface area is 350 Å². The van der Waals surface area contributed by atoms with Gasteiger partial charge in [0.2, 0.25) is 0 Å². The first-order chi connectivity index (χ1) is 27.9. The lowest BCUT2D eigenvalue weighted by molar-refractivity contribution is -0.155. The fourth-order valence-corrected chi connectivity index (χ4v) is 10.5. The van der Waals surface area contributed by atoms with Crippen LogP contribution in [0.5, 0.6) is 0 Å². The first kappa shape index (κ1) is 49.3. The molecule has 0 aliphatic heterocycles. The van der Waals surface area contributed by atoms with Crippen LogP contribution in [0.1, 0.15) is 188 Å². The second-order valence-corrected chi connectivity index (χ2v) is 18.1. The van der Waals surface area contributed by atoms with Gasteiger partial charge < -0.3 is 19.7 Å². The molecule has 0 aromatic carbocycles. The van der Waals surface area contributed by atoms with Crippen molar-refractivity contribution in [2.75, 3.05) is 13.2 Å². The van der Waals surface area contributed by atoms with Crippen molar-refractivity contribution in [2.45, 2.75) is 194 Å². The minimum atomic E-state index is -0.682. The van der Waals surface area contributed by atoms with Gasteiger partial charge in [0.05, 0.1) is 25.6 Å². The van der Waals surface area contributed by atoms with E-state index >= 15 is 0 Å². The zero-order valence-electron chi connectivity index (χ0n) is 36.6. The minimum absolute atomic E-state index is 0.0214. The summed E-state index contributed by atoms with van der Waals surface area (Å²) in [5.74, 6) is -1.40. The number of unbranched alkanes of at least 4 members (excludes halogenated alkanes) is 14. The standard InChI is InChI=1S/C43H66O7.C6H12O2/c1-4-5-6-7-8-9-10-11-12-13-14-15-16-17-18-19-28-49-39(47)24-25-40(48)50-31-38(46)36-23-22-35-34-21-20-32-29-33(44)26-27-42(32,2)41(34)37(45)30-43(35,36)3;1-2-3-4-5-6(7)8/h11-12,26-27,29,34-37,41,45H,4-10,13-25,28,30-31H2,1-3H3;2-5H2,1H3,(H,7,8)/b12-11-;. The quantitative estimate of drug-likeness (QED) is 0.0495. The fourth-order valence-electron chi connectivity index (χ4n) is 10.5. The number of allylic oxidation sites excluding steroid dienone is 6. The summed E-state index contributed by atoms with van der Waals surface area (Å²) in [5, 5.41) is 19.7. The van der Waals surface area contributed by atoms with E-state index in [1.807, 2.05) is 6.08 Å². The molecule has 0 heterocycles. The molecule has 0 saturated heterocycles. The Morgan fingerprint density at radius 1 is 0.759 bits per heavy atom. The van der Waals surface area contributed by atoms with Gasteiger partial charge in [-0.15, -0.1) is 0 Å². The second kappa shape index (κ2) is 26.2. The summed E-state index contributed by atoms with van der Waals surface area (Å²) in [7, 11) is 0. The number of ether oxygens (including phenoxy) is 2. The molecule has 7 atom stereocenters. The highest BCUT2D eigenvalue weighted by atomic mass is 16.5. The van der Waals surface area contributed by atoms with Crippen molar-refractivity contribution in [3.8, 4) is 0 Å². The van der Waals surface area contributed by atoms with Gasteiger partial charge in [0.1, 0.15) is 6.61 Å². The molecular weight excluding hydrogens is 733 g/mol. The Morgan fingerprint density at radius 3 is 1.98 bits per heavy atom. The molecule has 0 aromatic rings. The average molecular weight is 811 g/mol. The van der Waals surface area contributed by atoms with Crippen LogP contribution in [0.15, 0.2) is 36.0 Å². The lowest BCUT2D eigenvalue weighted by Crippen LogP contribution is -2.56. The molecule has 2 N–H and O–H groups in total. The van der Waals surface area contributed by atoms with Gasteiger partial charge >= 0.3 is 17.9 Å². The van der Waals surface area contributed by atoms with Crippen LogP contribution in [0, 0.1) is 34.5 Å². The van der Waals surface area contributed by atoms with E-state index in [9.17, 15) is 29.1 Å². The molecule has 4 rings (SSSR count). The van der Waals surface area contributed by atoms with E-state index in [4.69, 9.17) is 14.6 Å². The van der Waals surface area contributed by atoms with E-state index in [1.165, 1.54) is 64.2 Å². The molecular formula is C49H78O9. The Kier molecular flexibility index (Phi) is 22.3. The average Bonchev–Trinajstić information content (AvgIpc) is 3.54. The molecule has 4 aliphatic rings. The molecule has 7 unspecified atom stereocenters. The number of rotatable bonds is 26. The summed E-state index contributed by atoms with van der Waals surface area (Å²) < 4.78 is 10.7. The van der Waals surface area contributed by atoms with Crippen LogP contribution >= 0.6 is 0 Å². The van der Waals surface area contributed by atoms with Gasteiger partial charge in [-0.1, -0.05) is 122 Å². The molecule has 0 spiro atoms. The third kappa shape index (κ3) is 15.5. The van der Waals surface area contributed by atoms with Crippen molar-refractivity contribution in [1.29, 1.82) is 0 Å². The smallest absolute Gasteiger partial charge is 0.306 e. The number of fused-ring (bicyclic) bond motifs is 5. The largest absolute Gasteiger partial charge is 0.481 e. The summed E-state index contributed by atoms with van der Waals surface area (Å²) in [5.41, 5.74) is 0.429. The number of Topliss-reactive ketones (excluding diaryl/α,β-unsaturated/α-hetero) is 1. The van der Waals surface area contributed by atoms with Crippen LogP contribution in [0.4, 0.5) is 0 Å². The molecule has 328 valence electrons. The fraction of sp³-hybridized carbons (Fsp3) is 0.776. The van der Waals surface area contributed by atoms with Gasteiger partial charge in [-0.2, -0.15) is 0 Å². The first-order valence-electron chi connectivity index (χ1n) is 23.2. The van der Waals surface area contributed by atoms with Gasteiger partial charge in [-0.25, -0.2) is 0 Å². The Balaban J connectivity index is 0.00000101. The number of ketones is 2. The monoisotopic (exact) mass is 811 g/mol. The van der Waals surface area contributed by atoms with Gasteiger partial charge in [-0.3, -0.25) is 24.0 Å². The molecule has 0 radical (unpaired) electrons. The van der Waals surface area contributed by atoms with Gasteiger partial charge in [0.15, 0.2) is 11.6 Å². The van der Waals surface area contributed by atoms with Gasteiger partial charge in [0, 0.05) is 23.7 Å². The maximum atomic E-state index is 13.4. The number of aliphatic hydroxyl groups excluding tert-OH is 1. The molecule has 9 nitrogen and oxygen atoms in total. The van der Waals surface area contributed by atoms with Crippen molar-refractivity contribution < 1.29 is 43.7 Å². The Morgan fingerprint density at radius 2 is 1.34 bits per heavy atom. The number of carboxylic acid groups (broad SMARTS) is 1. The lowest BCUT2D eigenvalue weighted by atomic mass is 9.46. The summed E-state index contributed by atoms with van der Waals surface area (Å²) >= 11 is 0. The highest BCUT2D eigenvalue weighted by Gasteiger charge is 2.62. The number of hydrogen-bond acceptors (Lipinski definition) is 8. The number of carboxylic acids is 1. The molecule has 0 amide bonds. The van der Waals surface area contributed by atoms with E-state index in [2.05, 4.69) is 39.8 Å². The molecule has 9 heteroatoms. The van der Waals surface area contributed by atoms with Crippen molar-refractivity contribution in [3.05, 3.63) is 36.0 Å². The van der Waals surface area contributed by atoms with Crippen molar-refractivity contribution in [1.82, 2.24) is 0 Å². The van der Waals surface area contributed by atoms with E-state index in [0.29, 0.717) is 25.4 Å². The number of esters is 2. The van der Waals surface area contributed by atoms with Gasteiger partial charge in [-0.05, 0) is 100 Å². The van der Waals surface area contributed by atoms with Gasteiger partial charge in [0.25, 0.3) is 0 Å². The maximum Gasteiger partial charge on any atom is 0.306 e. The normalized spacial score (nSPS) is 27.2. The predicted molar refractivity (Wildman–Crippen MR) is 229 cm³/mol. The van der Waals surface area contributed by atoms with Crippen LogP contribution < -0.4 is 0 Å². The minimum Gasteiger partial charge on any atom is -0.481 e. The summed E-state index contributed by atoms with van der Waals surface area (Å²) in [4.78, 5) is 60.0. The molecule has 3 fully saturated rings. The van der Waals surface area contributed by atoms with Crippen molar-refractivity contribution in [3.63, 3.8) is 0 Å². The van der Waals surface area contributed by atoms with E-state index < -0.39 is 24.0 Å². The Hall–Kier alpha value is -3.07. The van der Waals surface area contributed by atoms with E-state index in [1.54, 1.807) is 12.2 Å².